The third-order valence-corrected chi connectivity index (χ3v) is 0.744. The molecule has 0 aromatic carbocycles. The number of urea groups is 2. The molecule has 0 heterocycles. The summed E-state index contributed by atoms with van der Waals surface area (Å²) in [7, 11) is 2.89. The van der Waals surface area contributed by atoms with Gasteiger partial charge in [0.2, 0.25) is 0 Å². The van der Waals surface area contributed by atoms with E-state index in [2.05, 4.69) is 21.5 Å². The molecule has 0 saturated carbocycles. The monoisotopic (exact) mass is 146 g/mol. The zero-order valence-corrected chi connectivity index (χ0v) is 5.82. The maximum atomic E-state index is 10.4. The molecule has 0 bridgehead atoms. The second kappa shape index (κ2) is 4.42. The van der Waals surface area contributed by atoms with Gasteiger partial charge in [0.25, 0.3) is 0 Å². The Bertz CT molecular complexity index is 119. The lowest BCUT2D eigenvalue weighted by Gasteiger charge is -2.04. The van der Waals surface area contributed by atoms with Gasteiger partial charge in [-0.25, -0.2) is 20.4 Å². The minimum atomic E-state index is -0.469. The number of hydrazine groups is 1. The molecular formula is C4H10N4O2. The summed E-state index contributed by atoms with van der Waals surface area (Å²) in [6.07, 6.45) is 0. The summed E-state index contributed by atoms with van der Waals surface area (Å²) in [6.45, 7) is 0. The molecule has 10 heavy (non-hydrogen) atoms. The van der Waals surface area contributed by atoms with Crippen molar-refractivity contribution in [2.24, 2.45) is 0 Å². The number of hydrogen-bond donors (Lipinski definition) is 4. The molecule has 4 N–H and O–H groups in total. The van der Waals surface area contributed by atoms with Crippen LogP contribution in [0.4, 0.5) is 9.59 Å². The van der Waals surface area contributed by atoms with Gasteiger partial charge >= 0.3 is 12.1 Å². The molecule has 0 aromatic rings. The van der Waals surface area contributed by atoms with Crippen LogP contribution in [0.25, 0.3) is 0 Å². The molecule has 0 spiro atoms. The van der Waals surface area contributed by atoms with Crippen LogP contribution in [0.5, 0.6) is 0 Å². The van der Waals surface area contributed by atoms with Crippen LogP contribution in [-0.4, -0.2) is 26.2 Å². The van der Waals surface area contributed by atoms with E-state index in [-0.39, 0.29) is 0 Å². The largest absolute Gasteiger partial charge is 0.340 e. The van der Waals surface area contributed by atoms with E-state index in [1.54, 1.807) is 0 Å². The highest BCUT2D eigenvalue weighted by Crippen LogP contribution is 1.57. The van der Waals surface area contributed by atoms with Crippen molar-refractivity contribution in [1.29, 1.82) is 0 Å². The van der Waals surface area contributed by atoms with Crippen LogP contribution in [0, 0.1) is 0 Å². The van der Waals surface area contributed by atoms with Crippen molar-refractivity contribution < 1.29 is 9.59 Å². The van der Waals surface area contributed by atoms with Gasteiger partial charge in [-0.1, -0.05) is 0 Å². The average Bonchev–Trinajstić information content (AvgIpc) is 1.99. The SMILES string of the molecule is CNC(=O)NNC(=O)NC. The minimum Gasteiger partial charge on any atom is -0.340 e. The summed E-state index contributed by atoms with van der Waals surface area (Å²) in [5.41, 5.74) is 4.14. The summed E-state index contributed by atoms with van der Waals surface area (Å²) in [5, 5.41) is 4.50. The highest BCUT2D eigenvalue weighted by Gasteiger charge is 1.96. The van der Waals surface area contributed by atoms with Gasteiger partial charge in [0.05, 0.1) is 0 Å². The Hall–Kier alpha value is -1.46. The van der Waals surface area contributed by atoms with Gasteiger partial charge in [0, 0.05) is 14.1 Å². The zero-order valence-electron chi connectivity index (χ0n) is 5.82. The first-order valence-corrected chi connectivity index (χ1v) is 2.66. The first kappa shape index (κ1) is 8.54. The maximum absolute atomic E-state index is 10.4. The molecule has 58 valence electrons. The number of nitrogens with one attached hydrogen (secondary N) is 4. The smallest absolute Gasteiger partial charge is 0.333 e. The fourth-order valence-electron chi connectivity index (χ4n) is 0.239. The van der Waals surface area contributed by atoms with Crippen LogP contribution >= 0.6 is 0 Å². The highest BCUT2D eigenvalue weighted by atomic mass is 16.2. The number of amides is 4. The fourth-order valence-corrected chi connectivity index (χ4v) is 0.239. The van der Waals surface area contributed by atoms with Crippen molar-refractivity contribution in [3.8, 4) is 0 Å². The molecule has 0 rings (SSSR count). The van der Waals surface area contributed by atoms with Crippen molar-refractivity contribution in [3.05, 3.63) is 0 Å². The normalized spacial score (nSPS) is 7.80. The van der Waals surface area contributed by atoms with Crippen LogP contribution in [-0.2, 0) is 0 Å². The van der Waals surface area contributed by atoms with Crippen LogP contribution in [0.2, 0.25) is 0 Å². The standard InChI is InChI=1S/C4H10N4O2/c1-5-3(9)7-8-4(10)6-2/h1-2H3,(H2,5,7,9)(H2,6,8,10). The van der Waals surface area contributed by atoms with E-state index < -0.39 is 12.1 Å². The molecule has 0 aliphatic heterocycles. The molecule has 6 nitrogen and oxygen atoms in total. The van der Waals surface area contributed by atoms with E-state index in [1.165, 1.54) is 14.1 Å². The van der Waals surface area contributed by atoms with E-state index in [0.717, 1.165) is 0 Å². The van der Waals surface area contributed by atoms with Crippen molar-refractivity contribution in [2.45, 2.75) is 0 Å². The molecule has 0 fully saturated rings. The predicted molar refractivity (Wildman–Crippen MR) is 35.2 cm³/mol. The first-order valence-electron chi connectivity index (χ1n) is 2.66. The van der Waals surface area contributed by atoms with Gasteiger partial charge in [-0.3, -0.25) is 0 Å². The Morgan fingerprint density at radius 1 is 0.900 bits per heavy atom. The summed E-state index contributed by atoms with van der Waals surface area (Å²) in [5.74, 6) is 0. The summed E-state index contributed by atoms with van der Waals surface area (Å²) in [6, 6.07) is -0.938. The van der Waals surface area contributed by atoms with E-state index in [4.69, 9.17) is 0 Å². The topological polar surface area (TPSA) is 82.3 Å². The van der Waals surface area contributed by atoms with E-state index >= 15 is 0 Å². The number of hydrogen-bond acceptors (Lipinski definition) is 2. The molecule has 6 heteroatoms. The second-order valence-corrected chi connectivity index (χ2v) is 1.41. The molecule has 0 aliphatic rings. The molecular weight excluding hydrogens is 136 g/mol. The quantitative estimate of drug-likeness (QED) is 0.322. The first-order chi connectivity index (χ1) is 4.70. The van der Waals surface area contributed by atoms with E-state index in [1.807, 2.05) is 0 Å². The zero-order chi connectivity index (χ0) is 7.98. The lowest BCUT2D eigenvalue weighted by atomic mass is 11.0. The molecule has 0 radical (unpaired) electrons. The third-order valence-electron chi connectivity index (χ3n) is 0.744. The van der Waals surface area contributed by atoms with Gasteiger partial charge < -0.3 is 10.6 Å². The van der Waals surface area contributed by atoms with Crippen LogP contribution in [0.15, 0.2) is 0 Å². The lowest BCUT2D eigenvalue weighted by Crippen LogP contribution is -2.48. The van der Waals surface area contributed by atoms with Crippen LogP contribution in [0.3, 0.4) is 0 Å². The molecule has 0 aliphatic carbocycles. The fraction of sp³-hybridized carbons (Fsp3) is 0.500. The highest BCUT2D eigenvalue weighted by molar-refractivity contribution is 5.79. The second-order valence-electron chi connectivity index (χ2n) is 1.41. The van der Waals surface area contributed by atoms with Crippen molar-refractivity contribution >= 4 is 12.1 Å². The molecule has 0 aromatic heterocycles. The Morgan fingerprint density at radius 3 is 1.40 bits per heavy atom. The van der Waals surface area contributed by atoms with Gasteiger partial charge in [-0.2, -0.15) is 0 Å². The Labute approximate surface area is 58.3 Å². The van der Waals surface area contributed by atoms with Gasteiger partial charge in [0.15, 0.2) is 0 Å². The molecule has 0 unspecified atom stereocenters. The minimum absolute atomic E-state index is 0.469. The maximum Gasteiger partial charge on any atom is 0.333 e. The van der Waals surface area contributed by atoms with Crippen molar-refractivity contribution in [1.82, 2.24) is 21.5 Å². The van der Waals surface area contributed by atoms with Gasteiger partial charge in [-0.15, -0.1) is 0 Å². The molecule has 0 atom stereocenters. The van der Waals surface area contributed by atoms with Crippen molar-refractivity contribution in [2.75, 3.05) is 14.1 Å². The summed E-state index contributed by atoms with van der Waals surface area (Å²) in [4.78, 5) is 20.7. The lowest BCUT2D eigenvalue weighted by molar-refractivity contribution is 0.226. The summed E-state index contributed by atoms with van der Waals surface area (Å²) >= 11 is 0. The van der Waals surface area contributed by atoms with E-state index in [9.17, 15) is 9.59 Å². The number of rotatable bonds is 0. The molecule has 0 saturated heterocycles. The number of carbonyl (C=O) groups is 2. The van der Waals surface area contributed by atoms with Gasteiger partial charge in [0.1, 0.15) is 0 Å². The number of carbonyl (C=O) groups excluding carboxylic acids is 2. The van der Waals surface area contributed by atoms with E-state index in [0.29, 0.717) is 0 Å². The Kier molecular flexibility index (Phi) is 3.78. The Balaban J connectivity index is 3.35. The molecule has 4 amide bonds. The Morgan fingerprint density at radius 2 is 1.20 bits per heavy atom. The third kappa shape index (κ3) is 3.53. The average molecular weight is 146 g/mol. The summed E-state index contributed by atoms with van der Waals surface area (Å²) < 4.78 is 0. The van der Waals surface area contributed by atoms with Crippen LogP contribution < -0.4 is 21.5 Å². The predicted octanol–water partition coefficient (Wildman–Crippen LogP) is -1.24. The van der Waals surface area contributed by atoms with Crippen LogP contribution in [0.1, 0.15) is 0 Å². The van der Waals surface area contributed by atoms with Crippen molar-refractivity contribution in [3.63, 3.8) is 0 Å². The van der Waals surface area contributed by atoms with Gasteiger partial charge in [-0.05, 0) is 0 Å².